The maximum absolute atomic E-state index is 11.8. The number of hydrogen-bond acceptors (Lipinski definition) is 5. The van der Waals surface area contributed by atoms with Gasteiger partial charge in [0.05, 0.1) is 5.71 Å². The molecule has 6 nitrogen and oxygen atoms in total. The number of carboxylic acid groups (broad SMARTS) is 1. The lowest BCUT2D eigenvalue weighted by Gasteiger charge is -2.09. The first kappa shape index (κ1) is 17.2. The lowest BCUT2D eigenvalue weighted by Crippen LogP contribution is -2.27. The highest BCUT2D eigenvalue weighted by Gasteiger charge is 2.06. The summed E-state index contributed by atoms with van der Waals surface area (Å²) in [6, 6.07) is 18.0. The Morgan fingerprint density at radius 2 is 1.58 bits per heavy atom. The molecule has 0 heterocycles. The Kier molecular flexibility index (Phi) is 6.52. The van der Waals surface area contributed by atoms with E-state index in [0.29, 0.717) is 11.5 Å². The average molecular weight is 325 g/mol. The van der Waals surface area contributed by atoms with Gasteiger partial charge in [-0.2, -0.15) is 5.10 Å². The monoisotopic (exact) mass is 325 g/mol. The van der Waals surface area contributed by atoms with E-state index in [-0.39, 0.29) is 19.4 Å². The largest absolute Gasteiger partial charge is 0.550 e. The number of carbonyl (C=O) groups excluding carboxylic acids is 2. The average Bonchev–Trinajstić information content (AvgIpc) is 2.61. The first-order valence-electron chi connectivity index (χ1n) is 7.43. The predicted octanol–water partition coefficient (Wildman–Crippen LogP) is 1.12. The van der Waals surface area contributed by atoms with E-state index < -0.39 is 11.9 Å². The van der Waals surface area contributed by atoms with Crippen molar-refractivity contribution >= 4 is 17.6 Å². The number of benzene rings is 2. The highest BCUT2D eigenvalue weighted by molar-refractivity contribution is 6.02. The molecule has 2 aromatic rings. The molecular weight excluding hydrogens is 308 g/mol. The van der Waals surface area contributed by atoms with Crippen molar-refractivity contribution in [3.05, 3.63) is 66.2 Å². The van der Waals surface area contributed by atoms with Crippen molar-refractivity contribution in [1.82, 2.24) is 5.43 Å². The van der Waals surface area contributed by atoms with Gasteiger partial charge in [0, 0.05) is 5.97 Å². The molecule has 0 aliphatic heterocycles. The third-order valence-electron chi connectivity index (χ3n) is 3.10. The molecule has 0 fully saturated rings. The highest BCUT2D eigenvalue weighted by Crippen LogP contribution is 2.08. The summed E-state index contributed by atoms with van der Waals surface area (Å²) in [5.74, 6) is -1.02. The summed E-state index contributed by atoms with van der Waals surface area (Å²) in [5.41, 5.74) is 3.59. The van der Waals surface area contributed by atoms with Crippen LogP contribution in [0.15, 0.2) is 65.8 Å². The van der Waals surface area contributed by atoms with Crippen LogP contribution >= 0.6 is 0 Å². The molecule has 6 heteroatoms. The molecule has 0 saturated carbocycles. The van der Waals surface area contributed by atoms with Crippen molar-refractivity contribution in [2.75, 3.05) is 6.61 Å². The number of amides is 1. The van der Waals surface area contributed by atoms with Gasteiger partial charge in [0.15, 0.2) is 6.61 Å². The second-order valence-electron chi connectivity index (χ2n) is 4.93. The molecule has 0 radical (unpaired) electrons. The molecule has 0 unspecified atom stereocenters. The van der Waals surface area contributed by atoms with Gasteiger partial charge < -0.3 is 14.6 Å². The van der Waals surface area contributed by atoms with E-state index >= 15 is 0 Å². The first-order chi connectivity index (χ1) is 11.6. The Hall–Kier alpha value is -3.15. The van der Waals surface area contributed by atoms with E-state index in [9.17, 15) is 14.7 Å². The Bertz CT molecular complexity index is 699. The number of hydrogen-bond donors (Lipinski definition) is 1. The normalized spacial score (nSPS) is 10.9. The third-order valence-corrected chi connectivity index (χ3v) is 3.10. The van der Waals surface area contributed by atoms with Crippen LogP contribution in [0.3, 0.4) is 0 Å². The van der Waals surface area contributed by atoms with Crippen LogP contribution in [-0.4, -0.2) is 24.2 Å². The van der Waals surface area contributed by atoms with Gasteiger partial charge >= 0.3 is 0 Å². The summed E-state index contributed by atoms with van der Waals surface area (Å²) in [7, 11) is 0. The summed E-state index contributed by atoms with van der Waals surface area (Å²) >= 11 is 0. The summed E-state index contributed by atoms with van der Waals surface area (Å²) in [6.07, 6.45) is -0.0176. The predicted molar refractivity (Wildman–Crippen MR) is 87.3 cm³/mol. The van der Waals surface area contributed by atoms with Crippen LogP contribution in [0.4, 0.5) is 0 Å². The number of carbonyl (C=O) groups is 2. The van der Waals surface area contributed by atoms with Crippen molar-refractivity contribution in [3.8, 4) is 5.75 Å². The van der Waals surface area contributed by atoms with E-state index in [1.807, 2.05) is 24.3 Å². The minimum atomic E-state index is -1.17. The van der Waals surface area contributed by atoms with Crippen LogP contribution < -0.4 is 15.3 Å². The number of ether oxygens (including phenoxy) is 1. The molecule has 1 N–H and O–H groups in total. The first-order valence-corrected chi connectivity index (χ1v) is 7.43. The fraction of sp³-hybridized carbons (Fsp3) is 0.167. The van der Waals surface area contributed by atoms with Crippen LogP contribution in [0.5, 0.6) is 5.75 Å². The molecule has 0 spiro atoms. The van der Waals surface area contributed by atoms with Crippen molar-refractivity contribution in [1.29, 1.82) is 0 Å². The number of aliphatic carboxylic acids is 1. The molecule has 2 rings (SSSR count). The van der Waals surface area contributed by atoms with Gasteiger partial charge in [-0.15, -0.1) is 0 Å². The van der Waals surface area contributed by atoms with Crippen LogP contribution in [0.25, 0.3) is 0 Å². The van der Waals surface area contributed by atoms with E-state index in [0.717, 1.165) is 5.56 Å². The number of nitrogens with one attached hydrogen (secondary N) is 1. The van der Waals surface area contributed by atoms with Gasteiger partial charge in [0.1, 0.15) is 5.75 Å². The second-order valence-corrected chi connectivity index (χ2v) is 4.93. The number of rotatable bonds is 8. The zero-order valence-corrected chi connectivity index (χ0v) is 13.0. The van der Waals surface area contributed by atoms with Gasteiger partial charge in [-0.1, -0.05) is 48.5 Å². The minimum absolute atomic E-state index is 0.159. The Labute approximate surface area is 139 Å². The molecule has 0 aliphatic rings. The molecule has 0 bridgehead atoms. The maximum Gasteiger partial charge on any atom is 0.277 e. The standard InChI is InChI=1S/C18H18N2O4/c21-17(13-24-15-9-5-2-6-10-15)20-19-16(11-12-18(22)23)14-7-3-1-4-8-14/h1-10H,11-13H2,(H,20,21)(H,22,23)/p-1/b19-16-. The summed E-state index contributed by atoms with van der Waals surface area (Å²) < 4.78 is 5.32. The van der Waals surface area contributed by atoms with Crippen molar-refractivity contribution in [3.63, 3.8) is 0 Å². The summed E-state index contributed by atoms with van der Waals surface area (Å²) in [5, 5.41) is 14.7. The van der Waals surface area contributed by atoms with E-state index in [2.05, 4.69) is 10.5 Å². The molecule has 0 aliphatic carbocycles. The van der Waals surface area contributed by atoms with Crippen LogP contribution in [0.1, 0.15) is 18.4 Å². The smallest absolute Gasteiger partial charge is 0.277 e. The van der Waals surface area contributed by atoms with E-state index in [1.165, 1.54) is 0 Å². The quantitative estimate of drug-likeness (QED) is 0.581. The minimum Gasteiger partial charge on any atom is -0.550 e. The van der Waals surface area contributed by atoms with Gasteiger partial charge in [-0.25, -0.2) is 5.43 Å². The van der Waals surface area contributed by atoms with E-state index in [4.69, 9.17) is 4.74 Å². The number of nitrogens with zero attached hydrogens (tertiary/aromatic N) is 1. The Balaban J connectivity index is 1.95. The van der Waals surface area contributed by atoms with Gasteiger partial charge in [-0.3, -0.25) is 4.79 Å². The zero-order chi connectivity index (χ0) is 17.2. The molecule has 2 aromatic carbocycles. The molecule has 0 aromatic heterocycles. The SMILES string of the molecule is O=C([O-])CC/C(=N/NC(=O)COc1ccccc1)c1ccccc1. The fourth-order valence-electron chi connectivity index (χ4n) is 1.94. The Morgan fingerprint density at radius 1 is 0.958 bits per heavy atom. The van der Waals surface area contributed by atoms with Gasteiger partial charge in [0.2, 0.25) is 0 Å². The number of hydrazone groups is 1. The second kappa shape index (κ2) is 9.09. The number of carboxylic acids is 1. The maximum atomic E-state index is 11.8. The van der Waals surface area contributed by atoms with Gasteiger partial charge in [-0.05, 0) is 30.5 Å². The molecule has 0 saturated heterocycles. The van der Waals surface area contributed by atoms with Crippen LogP contribution in [0.2, 0.25) is 0 Å². The van der Waals surface area contributed by atoms with Crippen LogP contribution in [-0.2, 0) is 9.59 Å². The molecule has 24 heavy (non-hydrogen) atoms. The van der Waals surface area contributed by atoms with E-state index in [1.54, 1.807) is 36.4 Å². The highest BCUT2D eigenvalue weighted by atomic mass is 16.5. The van der Waals surface area contributed by atoms with Crippen molar-refractivity contribution < 1.29 is 19.4 Å². The summed E-state index contributed by atoms with van der Waals surface area (Å²) in [6.45, 7) is -0.184. The van der Waals surface area contributed by atoms with Crippen LogP contribution in [0, 0.1) is 0 Å². The lowest BCUT2D eigenvalue weighted by molar-refractivity contribution is -0.305. The lowest BCUT2D eigenvalue weighted by atomic mass is 10.1. The summed E-state index contributed by atoms with van der Waals surface area (Å²) in [4.78, 5) is 22.5. The third kappa shape index (κ3) is 5.92. The Morgan fingerprint density at radius 3 is 2.21 bits per heavy atom. The van der Waals surface area contributed by atoms with Gasteiger partial charge in [0.25, 0.3) is 5.91 Å². The zero-order valence-electron chi connectivity index (χ0n) is 13.0. The number of para-hydroxylation sites is 1. The molecule has 0 atom stereocenters. The molecule has 1 amide bonds. The topological polar surface area (TPSA) is 90.8 Å². The van der Waals surface area contributed by atoms with Crippen molar-refractivity contribution in [2.45, 2.75) is 12.8 Å². The molecular formula is C18H17N2O4-. The fourth-order valence-corrected chi connectivity index (χ4v) is 1.94. The molecule has 124 valence electrons. The van der Waals surface area contributed by atoms with Crippen molar-refractivity contribution in [2.24, 2.45) is 5.10 Å².